The predicted octanol–water partition coefficient (Wildman–Crippen LogP) is 0.805. The van der Waals surface area contributed by atoms with Crippen molar-refractivity contribution >= 4 is 0 Å². The van der Waals surface area contributed by atoms with E-state index in [0.717, 1.165) is 16.7 Å². The molecule has 0 radical (unpaired) electrons. The molecule has 0 aliphatic rings. The van der Waals surface area contributed by atoms with Gasteiger partial charge in [-0.25, -0.2) is 13.8 Å². The monoisotopic (exact) mass is 275 g/mol. The van der Waals surface area contributed by atoms with Gasteiger partial charge in [0.25, 0.3) is 5.56 Å². The molecule has 0 fully saturated rings. The number of aromatic amines is 1. The van der Waals surface area contributed by atoms with Crippen molar-refractivity contribution in [2.24, 2.45) is 0 Å². The van der Waals surface area contributed by atoms with E-state index in [4.69, 9.17) is 5.26 Å². The van der Waals surface area contributed by atoms with Crippen molar-refractivity contribution in [3.63, 3.8) is 0 Å². The Morgan fingerprint density at radius 1 is 1.45 bits per heavy atom. The zero-order chi connectivity index (χ0) is 14.9. The normalized spacial score (nSPS) is 10.2. The standard InChI is InChI=1S/C13H10FN3O3/c1-2-9-11(18)16-13(20)17(12(9)19)10-4-3-8(14)5-7(10)6-15/h3-5,19H,2H2,1H3,(H,16,18,20). The fraction of sp³-hybridized carbons (Fsp3) is 0.154. The van der Waals surface area contributed by atoms with Crippen LogP contribution in [0.4, 0.5) is 4.39 Å². The summed E-state index contributed by atoms with van der Waals surface area (Å²) in [4.78, 5) is 25.4. The average molecular weight is 275 g/mol. The van der Waals surface area contributed by atoms with Crippen LogP contribution >= 0.6 is 0 Å². The summed E-state index contributed by atoms with van der Waals surface area (Å²) in [6.45, 7) is 1.63. The number of nitriles is 1. The Hall–Kier alpha value is -2.88. The number of aromatic nitrogens is 2. The number of hydrogen-bond acceptors (Lipinski definition) is 4. The number of hydrogen-bond donors (Lipinski definition) is 2. The summed E-state index contributed by atoms with van der Waals surface area (Å²) in [5.74, 6) is -1.19. The summed E-state index contributed by atoms with van der Waals surface area (Å²) < 4.78 is 13.9. The van der Waals surface area contributed by atoms with Crippen LogP contribution in [0.25, 0.3) is 5.69 Å². The Balaban J connectivity index is 2.88. The molecule has 0 spiro atoms. The second-order valence-corrected chi connectivity index (χ2v) is 4.02. The van der Waals surface area contributed by atoms with Crippen molar-refractivity contribution in [1.29, 1.82) is 5.26 Å². The summed E-state index contributed by atoms with van der Waals surface area (Å²) >= 11 is 0. The van der Waals surface area contributed by atoms with E-state index in [9.17, 15) is 19.1 Å². The maximum absolute atomic E-state index is 13.1. The van der Waals surface area contributed by atoms with Crippen molar-refractivity contribution in [2.75, 3.05) is 0 Å². The van der Waals surface area contributed by atoms with Crippen LogP contribution in [0, 0.1) is 17.1 Å². The Morgan fingerprint density at radius 2 is 2.15 bits per heavy atom. The summed E-state index contributed by atoms with van der Waals surface area (Å²) in [5, 5.41) is 19.0. The number of halogens is 1. The van der Waals surface area contributed by atoms with Gasteiger partial charge in [-0.15, -0.1) is 0 Å². The second-order valence-electron chi connectivity index (χ2n) is 4.02. The van der Waals surface area contributed by atoms with Crippen molar-refractivity contribution in [3.05, 3.63) is 56.0 Å². The van der Waals surface area contributed by atoms with Gasteiger partial charge in [-0.3, -0.25) is 9.78 Å². The fourth-order valence-corrected chi connectivity index (χ4v) is 1.90. The second kappa shape index (κ2) is 5.01. The minimum absolute atomic E-state index is 0.00218. The highest BCUT2D eigenvalue weighted by molar-refractivity contribution is 5.51. The largest absolute Gasteiger partial charge is 0.494 e. The Kier molecular flexibility index (Phi) is 3.39. The molecule has 0 unspecified atom stereocenters. The van der Waals surface area contributed by atoms with Gasteiger partial charge < -0.3 is 5.11 Å². The molecule has 1 heterocycles. The third-order valence-corrected chi connectivity index (χ3v) is 2.85. The van der Waals surface area contributed by atoms with Gasteiger partial charge in [0.05, 0.1) is 16.8 Å². The Labute approximate surface area is 112 Å². The SMILES string of the molecule is CCc1c(O)n(-c2ccc(F)cc2C#N)c(=O)[nH]c1=O. The van der Waals surface area contributed by atoms with Gasteiger partial charge in [0, 0.05) is 0 Å². The molecular formula is C13H10FN3O3. The fourth-order valence-electron chi connectivity index (χ4n) is 1.90. The molecule has 0 bridgehead atoms. The first-order valence-electron chi connectivity index (χ1n) is 5.76. The quantitative estimate of drug-likeness (QED) is 0.847. The minimum Gasteiger partial charge on any atom is -0.494 e. The van der Waals surface area contributed by atoms with Crippen LogP contribution in [0.3, 0.4) is 0 Å². The maximum Gasteiger partial charge on any atom is 0.335 e. The van der Waals surface area contributed by atoms with Crippen LogP contribution < -0.4 is 11.2 Å². The van der Waals surface area contributed by atoms with Crippen molar-refractivity contribution in [2.45, 2.75) is 13.3 Å². The van der Waals surface area contributed by atoms with E-state index in [1.807, 2.05) is 0 Å². The van der Waals surface area contributed by atoms with Crippen molar-refractivity contribution in [3.8, 4) is 17.6 Å². The molecule has 2 N–H and O–H groups in total. The highest BCUT2D eigenvalue weighted by Crippen LogP contribution is 2.20. The van der Waals surface area contributed by atoms with Crippen LogP contribution in [0.5, 0.6) is 5.88 Å². The molecular weight excluding hydrogens is 265 g/mol. The van der Waals surface area contributed by atoms with Crippen molar-refractivity contribution in [1.82, 2.24) is 9.55 Å². The topological polar surface area (TPSA) is 98.9 Å². The van der Waals surface area contributed by atoms with Gasteiger partial charge in [0.2, 0.25) is 5.88 Å². The van der Waals surface area contributed by atoms with Gasteiger partial charge in [0.15, 0.2) is 0 Å². The number of nitrogens with one attached hydrogen (secondary N) is 1. The Morgan fingerprint density at radius 3 is 2.75 bits per heavy atom. The molecule has 1 aromatic carbocycles. The molecule has 1 aromatic heterocycles. The van der Waals surface area contributed by atoms with Crippen molar-refractivity contribution < 1.29 is 9.50 Å². The maximum atomic E-state index is 13.1. The average Bonchev–Trinajstić information content (AvgIpc) is 2.40. The van der Waals surface area contributed by atoms with Gasteiger partial charge >= 0.3 is 5.69 Å². The molecule has 20 heavy (non-hydrogen) atoms. The first kappa shape index (κ1) is 13.5. The molecule has 0 amide bonds. The molecule has 2 aromatic rings. The highest BCUT2D eigenvalue weighted by Gasteiger charge is 2.16. The zero-order valence-electron chi connectivity index (χ0n) is 10.5. The molecule has 0 saturated heterocycles. The van der Waals surface area contributed by atoms with E-state index in [0.29, 0.717) is 0 Å². The lowest BCUT2D eigenvalue weighted by molar-refractivity contribution is 0.423. The lowest BCUT2D eigenvalue weighted by atomic mass is 10.1. The Bertz CT molecular complexity index is 830. The van der Waals surface area contributed by atoms with E-state index in [1.54, 1.807) is 13.0 Å². The summed E-state index contributed by atoms with van der Waals surface area (Å²) in [6.07, 6.45) is 0.199. The van der Waals surface area contributed by atoms with Gasteiger partial charge in [0.1, 0.15) is 11.9 Å². The van der Waals surface area contributed by atoms with Gasteiger partial charge in [-0.05, 0) is 24.6 Å². The molecule has 0 atom stereocenters. The summed E-state index contributed by atoms with van der Waals surface area (Å²) in [6, 6.07) is 4.92. The van der Waals surface area contributed by atoms with Crippen LogP contribution in [0.15, 0.2) is 27.8 Å². The van der Waals surface area contributed by atoms with E-state index < -0.39 is 22.9 Å². The lowest BCUT2D eigenvalue weighted by Crippen LogP contribution is -2.31. The number of rotatable bonds is 2. The first-order chi connectivity index (χ1) is 9.49. The summed E-state index contributed by atoms with van der Waals surface area (Å²) in [7, 11) is 0. The van der Waals surface area contributed by atoms with Crippen LogP contribution in [0.2, 0.25) is 0 Å². The smallest absolute Gasteiger partial charge is 0.335 e. The van der Waals surface area contributed by atoms with Crippen LogP contribution in [0.1, 0.15) is 18.1 Å². The van der Waals surface area contributed by atoms with Gasteiger partial charge in [-0.2, -0.15) is 5.26 Å². The number of nitrogens with zero attached hydrogens (tertiary/aromatic N) is 2. The molecule has 6 nitrogen and oxygen atoms in total. The molecule has 0 saturated carbocycles. The first-order valence-corrected chi connectivity index (χ1v) is 5.76. The van der Waals surface area contributed by atoms with E-state index in [-0.39, 0.29) is 23.2 Å². The molecule has 102 valence electrons. The lowest BCUT2D eigenvalue weighted by Gasteiger charge is -2.11. The number of aromatic hydroxyl groups is 1. The van der Waals surface area contributed by atoms with E-state index in [2.05, 4.69) is 4.98 Å². The number of benzene rings is 1. The van der Waals surface area contributed by atoms with E-state index in [1.165, 1.54) is 6.07 Å². The summed E-state index contributed by atoms with van der Waals surface area (Å²) in [5.41, 5.74) is -1.70. The van der Waals surface area contributed by atoms with E-state index >= 15 is 0 Å². The third-order valence-electron chi connectivity index (χ3n) is 2.85. The third kappa shape index (κ3) is 2.07. The molecule has 2 rings (SSSR count). The van der Waals surface area contributed by atoms with Gasteiger partial charge in [-0.1, -0.05) is 6.92 Å². The molecule has 0 aliphatic carbocycles. The highest BCUT2D eigenvalue weighted by atomic mass is 19.1. The zero-order valence-corrected chi connectivity index (χ0v) is 10.5. The molecule has 7 heteroatoms. The predicted molar refractivity (Wildman–Crippen MR) is 68.4 cm³/mol. The van der Waals surface area contributed by atoms with Crippen LogP contribution in [-0.4, -0.2) is 14.7 Å². The number of H-pyrrole nitrogens is 1. The van der Waals surface area contributed by atoms with Crippen LogP contribution in [-0.2, 0) is 6.42 Å². The minimum atomic E-state index is -0.896. The molecule has 0 aliphatic heterocycles.